The molecule has 1 unspecified atom stereocenters. The molecule has 1 fully saturated rings. The van der Waals surface area contributed by atoms with Gasteiger partial charge in [-0.05, 0) is 37.1 Å². The van der Waals surface area contributed by atoms with E-state index in [1.807, 2.05) is 0 Å². The molecule has 1 aromatic heterocycles. The van der Waals surface area contributed by atoms with E-state index < -0.39 is 23.4 Å². The number of carboxylic acid groups (broad SMARTS) is 1. The number of carbonyl (C=O) groups is 2. The zero-order valence-electron chi connectivity index (χ0n) is 14.9. The number of hydrogen-bond donors (Lipinski definition) is 1. The largest absolute Gasteiger partial charge is 0.478 e. The number of aromatic nitrogens is 2. The van der Waals surface area contributed by atoms with Crippen LogP contribution < -0.4 is 0 Å². The van der Waals surface area contributed by atoms with Gasteiger partial charge in [-0.3, -0.25) is 4.79 Å². The summed E-state index contributed by atoms with van der Waals surface area (Å²) < 4.78 is 45.7. The number of methoxy groups -OCH3 is 1. The van der Waals surface area contributed by atoms with Crippen LogP contribution in [0, 0.1) is 0 Å². The molecule has 1 aliphatic rings. The molecule has 2 aromatic rings. The fourth-order valence-electron chi connectivity index (χ4n) is 3.22. The number of likely N-dealkylation sites (tertiary alicyclic amines) is 1. The van der Waals surface area contributed by atoms with Crippen molar-refractivity contribution >= 4 is 11.9 Å². The number of hydrogen-bond acceptors (Lipinski definition) is 4. The van der Waals surface area contributed by atoms with E-state index in [4.69, 9.17) is 9.84 Å². The summed E-state index contributed by atoms with van der Waals surface area (Å²) in [5.74, 6) is -1.96. The Balaban J connectivity index is 1.87. The van der Waals surface area contributed by atoms with E-state index in [1.54, 1.807) is 12.0 Å². The minimum absolute atomic E-state index is 0.00443. The lowest BCUT2D eigenvalue weighted by molar-refractivity contribution is -0.143. The van der Waals surface area contributed by atoms with Crippen molar-refractivity contribution < 1.29 is 32.6 Å². The van der Waals surface area contributed by atoms with Crippen molar-refractivity contribution in [1.82, 2.24) is 14.7 Å². The van der Waals surface area contributed by atoms with Gasteiger partial charge in [-0.25, -0.2) is 9.48 Å². The first-order chi connectivity index (χ1) is 13.2. The van der Waals surface area contributed by atoms with Crippen LogP contribution >= 0.6 is 0 Å². The minimum Gasteiger partial charge on any atom is -0.478 e. The molecule has 28 heavy (non-hydrogen) atoms. The lowest BCUT2D eigenvalue weighted by atomic mass is 10.1. The topological polar surface area (TPSA) is 84.7 Å². The van der Waals surface area contributed by atoms with E-state index in [0.717, 1.165) is 12.8 Å². The quantitative estimate of drug-likeness (QED) is 0.858. The van der Waals surface area contributed by atoms with Crippen LogP contribution in [-0.2, 0) is 10.9 Å². The smallest absolute Gasteiger partial charge is 0.434 e. The van der Waals surface area contributed by atoms with E-state index in [-0.39, 0.29) is 17.7 Å². The Labute approximate surface area is 158 Å². The highest BCUT2D eigenvalue weighted by atomic mass is 19.4. The maximum absolute atomic E-state index is 13.3. The summed E-state index contributed by atoms with van der Waals surface area (Å²) in [5.41, 5.74) is -1.99. The summed E-state index contributed by atoms with van der Waals surface area (Å²) in [5, 5.41) is 12.5. The molecule has 3 rings (SSSR count). The molecule has 1 saturated heterocycles. The van der Waals surface area contributed by atoms with Crippen LogP contribution in [0.4, 0.5) is 13.2 Å². The Morgan fingerprint density at radius 1 is 1.25 bits per heavy atom. The summed E-state index contributed by atoms with van der Waals surface area (Å²) >= 11 is 0. The van der Waals surface area contributed by atoms with Crippen molar-refractivity contribution in [3.05, 3.63) is 47.3 Å². The molecule has 1 N–H and O–H groups in total. The molecule has 10 heteroatoms. The van der Waals surface area contributed by atoms with Crippen molar-refractivity contribution in [2.75, 3.05) is 20.2 Å². The monoisotopic (exact) mass is 397 g/mol. The molecule has 0 aliphatic carbocycles. The second kappa shape index (κ2) is 7.63. The predicted molar refractivity (Wildman–Crippen MR) is 91.5 cm³/mol. The van der Waals surface area contributed by atoms with Gasteiger partial charge in [0, 0.05) is 25.8 Å². The Hall–Kier alpha value is -2.88. The van der Waals surface area contributed by atoms with Crippen molar-refractivity contribution in [2.45, 2.75) is 25.1 Å². The molecule has 0 radical (unpaired) electrons. The number of ether oxygens (including phenoxy) is 1. The Bertz CT molecular complexity index is 877. The van der Waals surface area contributed by atoms with Gasteiger partial charge in [0.2, 0.25) is 0 Å². The Morgan fingerprint density at radius 3 is 2.50 bits per heavy atom. The van der Waals surface area contributed by atoms with Crippen LogP contribution in [0.5, 0.6) is 0 Å². The van der Waals surface area contributed by atoms with Crippen LogP contribution in [0.2, 0.25) is 0 Å². The number of alkyl halides is 3. The first-order valence-corrected chi connectivity index (χ1v) is 8.53. The number of amides is 1. The average Bonchev–Trinajstić information content (AvgIpc) is 3.13. The second-order valence-corrected chi connectivity index (χ2v) is 6.42. The Kier molecular flexibility index (Phi) is 5.41. The van der Waals surface area contributed by atoms with Gasteiger partial charge in [0.1, 0.15) is 5.56 Å². The van der Waals surface area contributed by atoms with Crippen LogP contribution in [0.1, 0.15) is 39.3 Å². The van der Waals surface area contributed by atoms with E-state index in [2.05, 4.69) is 5.10 Å². The van der Waals surface area contributed by atoms with Gasteiger partial charge in [0.15, 0.2) is 5.69 Å². The van der Waals surface area contributed by atoms with E-state index in [1.165, 1.54) is 24.3 Å². The summed E-state index contributed by atoms with van der Waals surface area (Å²) in [6.07, 6.45) is -2.61. The highest BCUT2D eigenvalue weighted by Crippen LogP contribution is 2.33. The van der Waals surface area contributed by atoms with E-state index >= 15 is 0 Å². The molecule has 0 saturated carbocycles. The number of piperidine rings is 1. The van der Waals surface area contributed by atoms with Crippen molar-refractivity contribution in [1.29, 1.82) is 0 Å². The molecule has 1 atom stereocenters. The van der Waals surface area contributed by atoms with Gasteiger partial charge >= 0.3 is 12.1 Å². The summed E-state index contributed by atoms with van der Waals surface area (Å²) in [4.78, 5) is 25.3. The van der Waals surface area contributed by atoms with Crippen LogP contribution in [0.3, 0.4) is 0 Å². The highest BCUT2D eigenvalue weighted by molar-refractivity contribution is 5.94. The van der Waals surface area contributed by atoms with Crippen molar-refractivity contribution in [3.63, 3.8) is 0 Å². The number of benzene rings is 1. The van der Waals surface area contributed by atoms with Gasteiger partial charge in [-0.1, -0.05) is 0 Å². The van der Waals surface area contributed by atoms with Gasteiger partial charge in [0.05, 0.1) is 18.0 Å². The van der Waals surface area contributed by atoms with Crippen LogP contribution in [0.25, 0.3) is 5.69 Å². The first-order valence-electron chi connectivity index (χ1n) is 8.53. The first kappa shape index (κ1) is 19.9. The normalized spacial score (nSPS) is 17.6. The number of rotatable bonds is 4. The number of aromatic carboxylic acids is 1. The van der Waals surface area contributed by atoms with Gasteiger partial charge in [0.25, 0.3) is 5.91 Å². The third-order valence-corrected chi connectivity index (χ3v) is 4.63. The van der Waals surface area contributed by atoms with E-state index in [0.29, 0.717) is 29.5 Å². The SMILES string of the molecule is COC1CCCN(C(=O)c2ccc(-n3ncc(C(=O)O)c3C(F)(F)F)cc2)C1. The van der Waals surface area contributed by atoms with Gasteiger partial charge < -0.3 is 14.7 Å². The summed E-state index contributed by atoms with van der Waals surface area (Å²) in [6.45, 7) is 1.04. The maximum atomic E-state index is 13.3. The number of halogens is 3. The molecule has 1 aromatic carbocycles. The summed E-state index contributed by atoms with van der Waals surface area (Å²) in [6, 6.07) is 5.41. The van der Waals surface area contributed by atoms with Crippen molar-refractivity contribution in [3.8, 4) is 5.69 Å². The van der Waals surface area contributed by atoms with Crippen molar-refractivity contribution in [2.24, 2.45) is 0 Å². The number of carboxylic acids is 1. The molecular formula is C18H18F3N3O4. The van der Waals surface area contributed by atoms with E-state index in [9.17, 15) is 22.8 Å². The lowest BCUT2D eigenvalue weighted by Gasteiger charge is -2.32. The molecule has 150 valence electrons. The molecular weight excluding hydrogens is 379 g/mol. The minimum atomic E-state index is -4.90. The fourth-order valence-corrected chi connectivity index (χ4v) is 3.22. The van der Waals surface area contributed by atoms with Crippen LogP contribution in [0.15, 0.2) is 30.5 Å². The third kappa shape index (κ3) is 3.86. The molecule has 0 spiro atoms. The van der Waals surface area contributed by atoms with Gasteiger partial charge in [-0.2, -0.15) is 18.3 Å². The second-order valence-electron chi connectivity index (χ2n) is 6.42. The standard InChI is InChI=1S/C18H18F3N3O4/c1-28-13-3-2-8-23(10-13)16(25)11-4-6-12(7-5-11)24-15(18(19,20)21)14(9-22-24)17(26)27/h4-7,9,13H,2-3,8,10H2,1H3,(H,26,27). The zero-order valence-corrected chi connectivity index (χ0v) is 14.9. The predicted octanol–water partition coefficient (Wildman–Crippen LogP) is 2.84. The molecule has 7 nitrogen and oxygen atoms in total. The lowest BCUT2D eigenvalue weighted by Crippen LogP contribution is -2.42. The molecule has 2 heterocycles. The Morgan fingerprint density at radius 2 is 1.93 bits per heavy atom. The molecule has 0 bridgehead atoms. The maximum Gasteiger partial charge on any atom is 0.434 e. The van der Waals surface area contributed by atoms with Crippen LogP contribution in [-0.4, -0.2) is 58.0 Å². The van der Waals surface area contributed by atoms with Gasteiger partial charge in [-0.15, -0.1) is 0 Å². The number of nitrogens with zero attached hydrogens (tertiary/aromatic N) is 3. The molecule has 1 amide bonds. The fraction of sp³-hybridized carbons (Fsp3) is 0.389. The zero-order chi connectivity index (χ0) is 20.5. The average molecular weight is 397 g/mol. The third-order valence-electron chi connectivity index (χ3n) is 4.63. The highest BCUT2D eigenvalue weighted by Gasteiger charge is 2.40. The summed E-state index contributed by atoms with van der Waals surface area (Å²) in [7, 11) is 1.58. The molecule has 1 aliphatic heterocycles. The number of carbonyl (C=O) groups excluding carboxylic acids is 1.